The highest BCUT2D eigenvalue weighted by atomic mass is 16.1. The van der Waals surface area contributed by atoms with Gasteiger partial charge in [-0.1, -0.05) is 26.0 Å². The van der Waals surface area contributed by atoms with E-state index in [1.54, 1.807) is 0 Å². The molecule has 0 aliphatic heterocycles. The van der Waals surface area contributed by atoms with Crippen molar-refractivity contribution >= 4 is 5.78 Å². The third-order valence-electron chi connectivity index (χ3n) is 4.49. The molecule has 0 saturated heterocycles. The molecule has 2 saturated carbocycles. The maximum Gasteiger partial charge on any atom is 0.143 e. The minimum atomic E-state index is -0.213. The van der Waals surface area contributed by atoms with E-state index in [-0.39, 0.29) is 5.41 Å². The van der Waals surface area contributed by atoms with Crippen molar-refractivity contribution in [3.05, 3.63) is 12.1 Å². The fourth-order valence-corrected chi connectivity index (χ4v) is 3.32. The van der Waals surface area contributed by atoms with E-state index in [4.69, 9.17) is 1.37 Å². The second-order valence-corrected chi connectivity index (χ2v) is 5.63. The number of hydrogen-bond acceptors (Lipinski definition) is 1. The summed E-state index contributed by atoms with van der Waals surface area (Å²) < 4.78 is 7.51. The molecular weight excluding hydrogens is 184 g/mol. The van der Waals surface area contributed by atoms with E-state index in [9.17, 15) is 4.79 Å². The zero-order valence-corrected chi connectivity index (χ0v) is 9.88. The average molecular weight is 207 g/mol. The van der Waals surface area contributed by atoms with Gasteiger partial charge in [0.05, 0.1) is 1.37 Å². The highest BCUT2D eigenvalue weighted by Gasteiger charge is 2.47. The first kappa shape index (κ1) is 9.62. The highest BCUT2D eigenvalue weighted by molar-refractivity contribution is 5.89. The normalized spacial score (nSPS) is 40.5. The first-order valence-corrected chi connectivity index (χ1v) is 6.21. The van der Waals surface area contributed by atoms with Crippen LogP contribution in [0.3, 0.4) is 0 Å². The molecule has 0 unspecified atom stereocenters. The summed E-state index contributed by atoms with van der Waals surface area (Å²) in [5, 5.41) is 0. The molecule has 0 N–H and O–H groups in total. The third-order valence-corrected chi connectivity index (χ3v) is 4.49. The predicted molar refractivity (Wildman–Crippen MR) is 62.6 cm³/mol. The lowest BCUT2D eigenvalue weighted by Crippen LogP contribution is -2.37. The number of ketones is 1. The zero-order chi connectivity index (χ0) is 11.8. The Bertz CT molecular complexity index is 319. The Hall–Kier alpha value is -0.590. The number of Topliss-reactive ketones (excluding diaryl/α,β-unsaturated/α-hetero) is 1. The molecule has 0 radical (unpaired) electrons. The van der Waals surface area contributed by atoms with Gasteiger partial charge in [-0.2, -0.15) is 0 Å². The van der Waals surface area contributed by atoms with Crippen LogP contribution in [0.1, 0.15) is 53.7 Å². The van der Waals surface area contributed by atoms with Crippen molar-refractivity contribution in [1.82, 2.24) is 0 Å². The van der Waals surface area contributed by atoms with Gasteiger partial charge >= 0.3 is 0 Å². The van der Waals surface area contributed by atoms with Gasteiger partial charge in [0.1, 0.15) is 5.78 Å². The van der Waals surface area contributed by atoms with E-state index in [0.29, 0.717) is 17.6 Å². The van der Waals surface area contributed by atoms with Gasteiger partial charge < -0.3 is 0 Å². The number of carbonyl (C=O) groups is 1. The van der Waals surface area contributed by atoms with Crippen LogP contribution in [-0.4, -0.2) is 5.78 Å². The molecule has 0 bridgehead atoms. The molecule has 0 heterocycles. The van der Waals surface area contributed by atoms with Gasteiger partial charge in [0.15, 0.2) is 0 Å². The Morgan fingerprint density at radius 1 is 1.53 bits per heavy atom. The Balaban J connectivity index is 2.26. The minimum Gasteiger partial charge on any atom is -0.299 e. The number of hydrogen-bond donors (Lipinski definition) is 0. The Morgan fingerprint density at radius 2 is 2.33 bits per heavy atom. The molecule has 0 aromatic carbocycles. The molecule has 0 aromatic rings. The van der Waals surface area contributed by atoms with Crippen molar-refractivity contribution in [2.24, 2.45) is 17.3 Å². The molecular formula is C14H22O. The zero-order valence-electron chi connectivity index (χ0n) is 10.9. The molecule has 2 fully saturated rings. The molecule has 2 rings (SSSR count). The van der Waals surface area contributed by atoms with Crippen LogP contribution in [0.4, 0.5) is 0 Å². The van der Waals surface area contributed by atoms with Crippen LogP contribution in [0.2, 0.25) is 0 Å². The van der Waals surface area contributed by atoms with Crippen molar-refractivity contribution in [3.63, 3.8) is 0 Å². The fraction of sp³-hybridized carbons (Fsp3) is 0.786. The second kappa shape index (κ2) is 3.77. The first-order valence-electron chi connectivity index (χ1n) is 6.79. The van der Waals surface area contributed by atoms with E-state index in [1.807, 2.05) is 0 Å². The molecule has 2 aliphatic carbocycles. The molecule has 15 heavy (non-hydrogen) atoms. The van der Waals surface area contributed by atoms with Crippen LogP contribution >= 0.6 is 0 Å². The highest BCUT2D eigenvalue weighted by Crippen LogP contribution is 2.52. The van der Waals surface area contributed by atoms with Crippen molar-refractivity contribution in [3.8, 4) is 0 Å². The SMILES string of the molecule is [2H]C=C1CCC[C@]12C[C@@H](C(C)C)CCC2=O. The van der Waals surface area contributed by atoms with Gasteiger partial charge in [-0.3, -0.25) is 4.79 Å². The first-order chi connectivity index (χ1) is 7.60. The van der Waals surface area contributed by atoms with Gasteiger partial charge in [-0.25, -0.2) is 0 Å². The van der Waals surface area contributed by atoms with Crippen molar-refractivity contribution in [2.75, 3.05) is 0 Å². The Labute approximate surface area is 94.3 Å². The molecule has 1 heteroatoms. The van der Waals surface area contributed by atoms with Crippen molar-refractivity contribution < 1.29 is 6.17 Å². The molecule has 2 aliphatic rings. The van der Waals surface area contributed by atoms with Gasteiger partial charge in [-0.15, -0.1) is 0 Å². The summed E-state index contributed by atoms with van der Waals surface area (Å²) in [6.45, 7) is 5.98. The summed E-state index contributed by atoms with van der Waals surface area (Å²) in [5.74, 6) is 1.75. The summed E-state index contributed by atoms with van der Waals surface area (Å²) in [4.78, 5) is 12.2. The minimum absolute atomic E-state index is 0.213. The van der Waals surface area contributed by atoms with Gasteiger partial charge in [-0.05, 0) is 43.9 Å². The van der Waals surface area contributed by atoms with Crippen LogP contribution in [0, 0.1) is 17.3 Å². The number of carbonyl (C=O) groups excluding carboxylic acids is 1. The third kappa shape index (κ3) is 1.66. The van der Waals surface area contributed by atoms with Crippen molar-refractivity contribution in [1.29, 1.82) is 0 Å². The van der Waals surface area contributed by atoms with E-state index < -0.39 is 0 Å². The smallest absolute Gasteiger partial charge is 0.143 e. The van der Waals surface area contributed by atoms with E-state index in [1.165, 1.54) is 6.55 Å². The summed E-state index contributed by atoms with van der Waals surface area (Å²) >= 11 is 0. The average Bonchev–Trinajstić information content (AvgIpc) is 2.66. The predicted octanol–water partition coefficient (Wildman–Crippen LogP) is 3.74. The summed E-state index contributed by atoms with van der Waals surface area (Å²) in [7, 11) is 0. The van der Waals surface area contributed by atoms with Crippen LogP contribution in [-0.2, 0) is 4.79 Å². The Morgan fingerprint density at radius 3 is 3.00 bits per heavy atom. The van der Waals surface area contributed by atoms with E-state index in [0.717, 1.165) is 44.1 Å². The lowest BCUT2D eigenvalue weighted by atomic mass is 9.64. The summed E-state index contributed by atoms with van der Waals surface area (Å²) in [6, 6.07) is 0. The molecule has 84 valence electrons. The molecule has 2 atom stereocenters. The van der Waals surface area contributed by atoms with Crippen LogP contribution in [0.15, 0.2) is 12.1 Å². The number of rotatable bonds is 1. The van der Waals surface area contributed by atoms with Crippen LogP contribution in [0.25, 0.3) is 0 Å². The Kier molecular flexibility index (Phi) is 2.42. The van der Waals surface area contributed by atoms with E-state index >= 15 is 0 Å². The monoisotopic (exact) mass is 207 g/mol. The summed E-state index contributed by atoms with van der Waals surface area (Å²) in [5.41, 5.74) is 0.900. The molecule has 1 spiro atoms. The van der Waals surface area contributed by atoms with Crippen LogP contribution in [0.5, 0.6) is 0 Å². The molecule has 1 nitrogen and oxygen atoms in total. The largest absolute Gasteiger partial charge is 0.299 e. The second-order valence-electron chi connectivity index (χ2n) is 5.63. The van der Waals surface area contributed by atoms with Gasteiger partial charge in [0, 0.05) is 11.8 Å². The standard InChI is InChI=1S/C14H22O/c1-10(2)12-6-7-13(15)14(9-12)8-4-5-11(14)3/h10,12H,3-9H2,1-2H3/t12-,14-/m0/s1/i3D. The molecule has 0 aromatic heterocycles. The lowest BCUT2D eigenvalue weighted by molar-refractivity contribution is -0.130. The van der Waals surface area contributed by atoms with E-state index in [2.05, 4.69) is 13.8 Å². The van der Waals surface area contributed by atoms with Gasteiger partial charge in [0.25, 0.3) is 0 Å². The fourth-order valence-electron chi connectivity index (χ4n) is 3.32. The molecule has 0 amide bonds. The van der Waals surface area contributed by atoms with Gasteiger partial charge in [0.2, 0.25) is 0 Å². The quantitative estimate of drug-likeness (QED) is 0.599. The topological polar surface area (TPSA) is 17.1 Å². The maximum atomic E-state index is 12.2. The van der Waals surface area contributed by atoms with Crippen LogP contribution < -0.4 is 0 Å². The lowest BCUT2D eigenvalue weighted by Gasteiger charge is -2.39. The summed E-state index contributed by atoms with van der Waals surface area (Å²) in [6.07, 6.45) is 5.87. The number of allylic oxidation sites excluding steroid dienone is 1. The maximum absolute atomic E-state index is 12.2. The van der Waals surface area contributed by atoms with Crippen molar-refractivity contribution in [2.45, 2.75) is 52.4 Å².